The van der Waals surface area contributed by atoms with E-state index < -0.39 is 23.4 Å². The lowest BCUT2D eigenvalue weighted by atomic mass is 10.1. The van der Waals surface area contributed by atoms with Crippen LogP contribution >= 0.6 is 11.8 Å². The fourth-order valence-corrected chi connectivity index (χ4v) is 2.15. The summed E-state index contributed by atoms with van der Waals surface area (Å²) in [5.41, 5.74) is -2.12. The lowest BCUT2D eigenvalue weighted by Gasteiger charge is -2.22. The second-order valence-electron chi connectivity index (χ2n) is 4.54. The molecule has 1 rings (SSSR count). The van der Waals surface area contributed by atoms with E-state index in [-0.39, 0.29) is 12.1 Å². The van der Waals surface area contributed by atoms with Crippen LogP contribution in [-0.4, -0.2) is 40.2 Å². The van der Waals surface area contributed by atoms with Crippen LogP contribution in [0.1, 0.15) is 23.0 Å². The molecule has 20 heavy (non-hydrogen) atoms. The van der Waals surface area contributed by atoms with Gasteiger partial charge in [0, 0.05) is 18.5 Å². The number of nitrogens with one attached hydrogen (secondary N) is 1. The third-order valence-corrected chi connectivity index (χ3v) is 3.31. The number of aliphatic hydroxyl groups is 1. The maximum absolute atomic E-state index is 12.3. The normalized spacial score (nSPS) is 14.7. The molecule has 0 aromatic carbocycles. The number of nitrogens with zero attached hydrogens (tertiary/aromatic N) is 1. The van der Waals surface area contributed by atoms with E-state index in [1.54, 1.807) is 6.92 Å². The van der Waals surface area contributed by atoms with E-state index in [0.29, 0.717) is 5.75 Å². The van der Waals surface area contributed by atoms with Gasteiger partial charge in [0.25, 0.3) is 5.91 Å². The highest BCUT2D eigenvalue weighted by atomic mass is 32.2. The standard InChI is InChI=1S/C12H15F3N2O2S/c1-11(19,7-20-2)6-17-10(18)8-3-4-9(16-5-8)12(13,14)15/h3-5,19H,6-7H2,1-2H3,(H,17,18). The lowest BCUT2D eigenvalue weighted by Crippen LogP contribution is -2.42. The summed E-state index contributed by atoms with van der Waals surface area (Å²) >= 11 is 1.42. The zero-order chi connectivity index (χ0) is 15.4. The number of halogens is 3. The predicted octanol–water partition coefficient (Wildman–Crippen LogP) is 1.94. The molecule has 1 atom stereocenters. The summed E-state index contributed by atoms with van der Waals surface area (Å²) in [6.07, 6.45) is -1.85. The van der Waals surface area contributed by atoms with Crippen molar-refractivity contribution in [2.45, 2.75) is 18.7 Å². The topological polar surface area (TPSA) is 62.2 Å². The van der Waals surface area contributed by atoms with Crippen molar-refractivity contribution >= 4 is 17.7 Å². The molecule has 0 bridgehead atoms. The SMILES string of the molecule is CSCC(C)(O)CNC(=O)c1ccc(C(F)(F)F)nc1. The second kappa shape index (κ2) is 6.45. The number of amides is 1. The number of aromatic nitrogens is 1. The summed E-state index contributed by atoms with van der Waals surface area (Å²) in [4.78, 5) is 14.9. The van der Waals surface area contributed by atoms with Crippen molar-refractivity contribution in [3.8, 4) is 0 Å². The molecule has 0 aliphatic rings. The highest BCUT2D eigenvalue weighted by Gasteiger charge is 2.32. The van der Waals surface area contributed by atoms with Crippen molar-refractivity contribution in [1.82, 2.24) is 10.3 Å². The first-order valence-electron chi connectivity index (χ1n) is 5.68. The van der Waals surface area contributed by atoms with E-state index in [4.69, 9.17) is 0 Å². The molecule has 1 aromatic heterocycles. The maximum atomic E-state index is 12.3. The van der Waals surface area contributed by atoms with Gasteiger partial charge in [0.2, 0.25) is 0 Å². The molecule has 2 N–H and O–H groups in total. The predicted molar refractivity (Wildman–Crippen MR) is 70.6 cm³/mol. The second-order valence-corrected chi connectivity index (χ2v) is 5.41. The summed E-state index contributed by atoms with van der Waals surface area (Å²) in [5.74, 6) is -0.147. The van der Waals surface area contributed by atoms with Crippen molar-refractivity contribution in [2.24, 2.45) is 0 Å². The third kappa shape index (κ3) is 5.01. The minimum Gasteiger partial charge on any atom is -0.387 e. The molecule has 0 aliphatic heterocycles. The van der Waals surface area contributed by atoms with Gasteiger partial charge < -0.3 is 10.4 Å². The summed E-state index contributed by atoms with van der Waals surface area (Å²) in [6.45, 7) is 1.57. The van der Waals surface area contributed by atoms with E-state index in [1.165, 1.54) is 11.8 Å². The van der Waals surface area contributed by atoms with Crippen LogP contribution in [-0.2, 0) is 6.18 Å². The number of carbonyl (C=O) groups excluding carboxylic acids is 1. The molecule has 1 unspecified atom stereocenters. The van der Waals surface area contributed by atoms with Crippen LogP contribution in [0.25, 0.3) is 0 Å². The molecule has 0 fully saturated rings. The monoisotopic (exact) mass is 308 g/mol. The number of pyridine rings is 1. The van der Waals surface area contributed by atoms with Gasteiger partial charge in [-0.2, -0.15) is 24.9 Å². The molecule has 112 valence electrons. The molecule has 0 radical (unpaired) electrons. The van der Waals surface area contributed by atoms with Crippen molar-refractivity contribution in [2.75, 3.05) is 18.6 Å². The Labute approximate surface area is 118 Å². The van der Waals surface area contributed by atoms with Gasteiger partial charge >= 0.3 is 6.18 Å². The van der Waals surface area contributed by atoms with Crippen molar-refractivity contribution in [3.63, 3.8) is 0 Å². The Bertz CT molecular complexity index is 461. The molecule has 0 aliphatic carbocycles. The lowest BCUT2D eigenvalue weighted by molar-refractivity contribution is -0.141. The molecular weight excluding hydrogens is 293 g/mol. The Hall–Kier alpha value is -1.28. The molecule has 1 amide bonds. The molecule has 1 heterocycles. The van der Waals surface area contributed by atoms with Crippen LogP contribution in [0, 0.1) is 0 Å². The van der Waals surface area contributed by atoms with Gasteiger partial charge in [0.15, 0.2) is 0 Å². The Morgan fingerprint density at radius 2 is 2.10 bits per heavy atom. The first-order valence-corrected chi connectivity index (χ1v) is 7.08. The van der Waals surface area contributed by atoms with E-state index in [0.717, 1.165) is 18.3 Å². The van der Waals surface area contributed by atoms with E-state index in [9.17, 15) is 23.1 Å². The van der Waals surface area contributed by atoms with Gasteiger partial charge in [0.1, 0.15) is 5.69 Å². The van der Waals surface area contributed by atoms with Crippen LogP contribution in [0.15, 0.2) is 18.3 Å². The number of thioether (sulfide) groups is 1. The fourth-order valence-electron chi connectivity index (χ4n) is 1.43. The number of hydrogen-bond donors (Lipinski definition) is 2. The average molecular weight is 308 g/mol. The first-order chi connectivity index (χ1) is 9.15. The molecule has 4 nitrogen and oxygen atoms in total. The molecular formula is C12H15F3N2O2S. The van der Waals surface area contributed by atoms with Gasteiger partial charge in [-0.05, 0) is 25.3 Å². The average Bonchev–Trinajstić information content (AvgIpc) is 2.35. The summed E-state index contributed by atoms with van der Waals surface area (Å²) in [5, 5.41) is 12.3. The van der Waals surface area contributed by atoms with Crippen molar-refractivity contribution < 1.29 is 23.1 Å². The highest BCUT2D eigenvalue weighted by molar-refractivity contribution is 7.98. The minimum absolute atomic E-state index is 0.00763. The number of rotatable bonds is 5. The highest BCUT2D eigenvalue weighted by Crippen LogP contribution is 2.27. The van der Waals surface area contributed by atoms with E-state index >= 15 is 0 Å². The zero-order valence-electron chi connectivity index (χ0n) is 11.0. The molecule has 0 saturated carbocycles. The number of carbonyl (C=O) groups is 1. The van der Waals surface area contributed by atoms with Gasteiger partial charge in [-0.15, -0.1) is 0 Å². The molecule has 8 heteroatoms. The third-order valence-electron chi connectivity index (χ3n) is 2.40. The Kier molecular flexibility index (Phi) is 5.41. The molecule has 0 saturated heterocycles. The van der Waals surface area contributed by atoms with Gasteiger partial charge in [-0.1, -0.05) is 0 Å². The van der Waals surface area contributed by atoms with Crippen LogP contribution < -0.4 is 5.32 Å². The van der Waals surface area contributed by atoms with Crippen LogP contribution in [0.3, 0.4) is 0 Å². The van der Waals surface area contributed by atoms with Crippen LogP contribution in [0.4, 0.5) is 13.2 Å². The van der Waals surface area contributed by atoms with E-state index in [1.807, 2.05) is 6.26 Å². The van der Waals surface area contributed by atoms with Crippen LogP contribution in [0.5, 0.6) is 0 Å². The van der Waals surface area contributed by atoms with Crippen molar-refractivity contribution in [3.05, 3.63) is 29.6 Å². The Morgan fingerprint density at radius 1 is 1.45 bits per heavy atom. The molecule has 1 aromatic rings. The Morgan fingerprint density at radius 3 is 2.55 bits per heavy atom. The van der Waals surface area contributed by atoms with E-state index in [2.05, 4.69) is 10.3 Å². The van der Waals surface area contributed by atoms with Gasteiger partial charge in [0.05, 0.1) is 11.2 Å². The van der Waals surface area contributed by atoms with Gasteiger partial charge in [-0.3, -0.25) is 9.78 Å². The summed E-state index contributed by atoms with van der Waals surface area (Å²) in [6, 6.07) is 1.80. The Balaban J connectivity index is 2.65. The molecule has 0 spiro atoms. The van der Waals surface area contributed by atoms with Crippen LogP contribution in [0.2, 0.25) is 0 Å². The van der Waals surface area contributed by atoms with Gasteiger partial charge in [-0.25, -0.2) is 0 Å². The summed E-state index contributed by atoms with van der Waals surface area (Å²) in [7, 11) is 0. The smallest absolute Gasteiger partial charge is 0.387 e. The zero-order valence-corrected chi connectivity index (χ0v) is 11.8. The maximum Gasteiger partial charge on any atom is 0.433 e. The summed E-state index contributed by atoms with van der Waals surface area (Å²) < 4.78 is 36.9. The first kappa shape index (κ1) is 16.8. The largest absolute Gasteiger partial charge is 0.433 e. The fraction of sp³-hybridized carbons (Fsp3) is 0.500. The number of alkyl halides is 3. The quantitative estimate of drug-likeness (QED) is 0.873. The van der Waals surface area contributed by atoms with Crippen molar-refractivity contribution in [1.29, 1.82) is 0 Å². The minimum atomic E-state index is -4.53. The number of hydrogen-bond acceptors (Lipinski definition) is 4.